The summed E-state index contributed by atoms with van der Waals surface area (Å²) < 4.78 is 13.4. The molecule has 7 atom stereocenters. The van der Waals surface area contributed by atoms with E-state index in [1.807, 2.05) is 42.5 Å². The first-order chi connectivity index (χ1) is 17.9. The highest BCUT2D eigenvalue weighted by atomic mass is 16.5. The molecule has 2 aromatic carbocycles. The summed E-state index contributed by atoms with van der Waals surface area (Å²) in [6.07, 6.45) is 7.40. The summed E-state index contributed by atoms with van der Waals surface area (Å²) in [4.78, 5) is 13.0. The Bertz CT molecular complexity index is 1250. The highest BCUT2D eigenvalue weighted by Crippen LogP contribution is 2.72. The molecule has 4 heteroatoms. The Labute approximate surface area is 228 Å². The lowest BCUT2D eigenvalue weighted by Crippen LogP contribution is -2.68. The molecule has 4 nitrogen and oxygen atoms in total. The lowest BCUT2D eigenvalue weighted by Gasteiger charge is -2.69. The summed E-state index contributed by atoms with van der Waals surface area (Å²) in [6, 6.07) is 13.2. The predicted octanol–water partition coefficient (Wildman–Crippen LogP) is 7.89. The highest BCUT2D eigenvalue weighted by molar-refractivity contribution is 5.89. The molecule has 0 unspecified atom stereocenters. The number of phenolic OH excluding ortho intramolecular Hbond substituents is 1. The number of ether oxygens (including phenoxy) is 2. The molecule has 3 aliphatic carbocycles. The normalized spacial score (nSPS) is 39.0. The quantitative estimate of drug-likeness (QED) is 0.412. The molecule has 0 saturated heterocycles. The second-order valence-corrected chi connectivity index (χ2v) is 14.1. The molecule has 1 aliphatic heterocycles. The van der Waals surface area contributed by atoms with Crippen LogP contribution in [-0.4, -0.2) is 22.8 Å². The Balaban J connectivity index is 1.31. The van der Waals surface area contributed by atoms with Crippen LogP contribution in [0.4, 0.5) is 0 Å². The largest absolute Gasteiger partial charge is 0.508 e. The molecule has 3 fully saturated rings. The molecule has 38 heavy (non-hydrogen) atoms. The van der Waals surface area contributed by atoms with Crippen LogP contribution in [0.25, 0.3) is 0 Å². The predicted molar refractivity (Wildman–Crippen MR) is 149 cm³/mol. The van der Waals surface area contributed by atoms with E-state index in [0.717, 1.165) is 49.8 Å². The van der Waals surface area contributed by atoms with Gasteiger partial charge in [0.15, 0.2) is 0 Å². The third-order valence-electron chi connectivity index (χ3n) is 12.0. The van der Waals surface area contributed by atoms with Crippen molar-refractivity contribution in [3.63, 3.8) is 0 Å². The smallest absolute Gasteiger partial charge is 0.338 e. The minimum Gasteiger partial charge on any atom is -0.508 e. The Morgan fingerprint density at radius 2 is 1.71 bits per heavy atom. The summed E-state index contributed by atoms with van der Waals surface area (Å²) in [5, 5.41) is 10.3. The molecule has 1 N–H and O–H groups in total. The topological polar surface area (TPSA) is 55.8 Å². The van der Waals surface area contributed by atoms with E-state index in [9.17, 15) is 9.90 Å². The average Bonchev–Trinajstić information content (AvgIpc) is 3.26. The summed E-state index contributed by atoms with van der Waals surface area (Å²) in [5.74, 6) is 2.62. The average molecular weight is 517 g/mol. The maximum Gasteiger partial charge on any atom is 0.338 e. The van der Waals surface area contributed by atoms with Crippen LogP contribution in [-0.2, 0) is 11.2 Å². The van der Waals surface area contributed by atoms with Gasteiger partial charge in [0.1, 0.15) is 23.2 Å². The van der Waals surface area contributed by atoms with Gasteiger partial charge in [-0.2, -0.15) is 0 Å². The lowest BCUT2D eigenvalue weighted by molar-refractivity contribution is -0.238. The molecule has 4 aliphatic rings. The number of carbonyl (C=O) groups is 1. The van der Waals surface area contributed by atoms with Crippen LogP contribution in [0.3, 0.4) is 0 Å². The van der Waals surface area contributed by atoms with E-state index < -0.39 is 0 Å². The molecule has 0 aromatic heterocycles. The van der Waals surface area contributed by atoms with Gasteiger partial charge in [0, 0.05) is 22.8 Å². The first-order valence-corrected chi connectivity index (χ1v) is 14.7. The van der Waals surface area contributed by atoms with Crippen molar-refractivity contribution in [2.75, 3.05) is 0 Å². The SMILES string of the molecule is Cc1cc(O)cc2c1O[C@@]1(C2)[C@@H](C)CC[C@@H]2[C@@]3(C)CC[C@H](OC(=O)c4ccccc4)C(C)(C)[C@@H]3CC[C@]21C. The van der Waals surface area contributed by atoms with Crippen LogP contribution in [0.15, 0.2) is 42.5 Å². The number of hydrogen-bond acceptors (Lipinski definition) is 4. The number of hydrogen-bond donors (Lipinski definition) is 1. The number of aromatic hydroxyl groups is 1. The van der Waals surface area contributed by atoms with Crippen LogP contribution >= 0.6 is 0 Å². The van der Waals surface area contributed by atoms with Gasteiger partial charge in [-0.25, -0.2) is 4.79 Å². The van der Waals surface area contributed by atoms with Crippen LogP contribution in [0, 0.1) is 40.9 Å². The van der Waals surface area contributed by atoms with E-state index >= 15 is 0 Å². The van der Waals surface area contributed by atoms with Crippen LogP contribution in [0.1, 0.15) is 94.6 Å². The zero-order valence-electron chi connectivity index (χ0n) is 24.0. The zero-order valence-corrected chi connectivity index (χ0v) is 24.0. The van der Waals surface area contributed by atoms with E-state index in [1.54, 1.807) is 0 Å². The summed E-state index contributed by atoms with van der Waals surface area (Å²) in [7, 11) is 0. The summed E-state index contributed by atoms with van der Waals surface area (Å²) >= 11 is 0. The first kappa shape index (κ1) is 25.8. The Morgan fingerprint density at radius 1 is 0.974 bits per heavy atom. The number of benzene rings is 2. The van der Waals surface area contributed by atoms with E-state index in [0.29, 0.717) is 29.1 Å². The molecule has 6 rings (SSSR count). The number of carbonyl (C=O) groups excluding carboxylic acids is 1. The van der Waals surface area contributed by atoms with Crippen LogP contribution in [0.2, 0.25) is 0 Å². The fraction of sp³-hybridized carbons (Fsp3) is 0.618. The van der Waals surface area contributed by atoms with Gasteiger partial charge in [0.25, 0.3) is 0 Å². The second kappa shape index (κ2) is 8.50. The van der Waals surface area contributed by atoms with Gasteiger partial charge in [0.2, 0.25) is 0 Å². The van der Waals surface area contributed by atoms with Crippen molar-refractivity contribution < 1.29 is 19.4 Å². The highest BCUT2D eigenvalue weighted by Gasteiger charge is 2.70. The van der Waals surface area contributed by atoms with Gasteiger partial charge in [-0.3, -0.25) is 0 Å². The third kappa shape index (κ3) is 3.44. The minimum atomic E-state index is -0.244. The summed E-state index contributed by atoms with van der Waals surface area (Å²) in [6.45, 7) is 14.2. The number of rotatable bonds is 2. The third-order valence-corrected chi connectivity index (χ3v) is 12.0. The lowest BCUT2D eigenvalue weighted by atomic mass is 9.37. The van der Waals surface area contributed by atoms with E-state index in [1.165, 1.54) is 12.0 Å². The van der Waals surface area contributed by atoms with E-state index in [2.05, 4.69) is 41.5 Å². The second-order valence-electron chi connectivity index (χ2n) is 14.1. The molecule has 1 heterocycles. The zero-order chi connectivity index (χ0) is 27.1. The van der Waals surface area contributed by atoms with Crippen molar-refractivity contribution in [2.45, 2.75) is 98.2 Å². The maximum absolute atomic E-state index is 13.0. The fourth-order valence-electron chi connectivity index (χ4n) is 10.1. The van der Waals surface area contributed by atoms with Gasteiger partial charge in [-0.1, -0.05) is 52.8 Å². The van der Waals surface area contributed by atoms with E-state index in [-0.39, 0.29) is 33.9 Å². The van der Waals surface area contributed by atoms with Gasteiger partial charge in [-0.15, -0.1) is 0 Å². The molecule has 0 bridgehead atoms. The molecular weight excluding hydrogens is 472 g/mol. The first-order valence-electron chi connectivity index (χ1n) is 14.7. The number of esters is 1. The van der Waals surface area contributed by atoms with Crippen LogP contribution in [0.5, 0.6) is 11.5 Å². The van der Waals surface area contributed by atoms with Gasteiger partial charge >= 0.3 is 5.97 Å². The molecule has 204 valence electrons. The maximum atomic E-state index is 13.0. The van der Waals surface area contributed by atoms with Crippen molar-refractivity contribution in [3.05, 3.63) is 59.2 Å². The van der Waals surface area contributed by atoms with Crippen molar-refractivity contribution in [2.24, 2.45) is 34.0 Å². The Kier molecular flexibility index (Phi) is 5.77. The van der Waals surface area contributed by atoms with Crippen molar-refractivity contribution >= 4 is 5.97 Å². The molecule has 1 spiro atoms. The molecule has 0 amide bonds. The molecule has 3 saturated carbocycles. The number of aryl methyl sites for hydroxylation is 1. The monoisotopic (exact) mass is 516 g/mol. The standard InChI is InChI=1S/C34H44O4/c1-21-18-25(35)19-24-20-34(38-29(21)24)22(2)12-13-27-32(5)16-15-28(37-30(36)23-10-8-7-9-11-23)31(3,4)26(32)14-17-33(27,34)6/h7-11,18-19,22,26-28,35H,12-17,20H2,1-6H3/t22-,26-,27+,28-,32-,33+,34-/m0/s1. The Hall–Kier alpha value is -2.49. The van der Waals surface area contributed by atoms with E-state index in [4.69, 9.17) is 9.47 Å². The Morgan fingerprint density at radius 3 is 2.45 bits per heavy atom. The van der Waals surface area contributed by atoms with Gasteiger partial charge in [-0.05, 0) is 98.4 Å². The van der Waals surface area contributed by atoms with Gasteiger partial charge < -0.3 is 14.6 Å². The van der Waals surface area contributed by atoms with Crippen molar-refractivity contribution in [1.82, 2.24) is 0 Å². The van der Waals surface area contributed by atoms with Crippen LogP contribution < -0.4 is 4.74 Å². The van der Waals surface area contributed by atoms with Crippen molar-refractivity contribution in [1.29, 1.82) is 0 Å². The summed E-state index contributed by atoms with van der Waals surface area (Å²) in [5.41, 5.74) is 2.70. The molecular formula is C34H44O4. The number of phenols is 1. The fourth-order valence-corrected chi connectivity index (χ4v) is 10.1. The minimum absolute atomic E-state index is 0.0423. The molecule has 2 aromatic rings. The number of fused-ring (bicyclic) bond motifs is 5. The van der Waals surface area contributed by atoms with Gasteiger partial charge in [0.05, 0.1) is 5.56 Å². The van der Waals surface area contributed by atoms with Crippen molar-refractivity contribution in [3.8, 4) is 11.5 Å². The molecule has 0 radical (unpaired) electrons.